The predicted molar refractivity (Wildman–Crippen MR) is 97.8 cm³/mol. The minimum atomic E-state index is -0.290. The van der Waals surface area contributed by atoms with Crippen molar-refractivity contribution in [3.8, 4) is 0 Å². The predicted octanol–water partition coefficient (Wildman–Crippen LogP) is 4.83. The number of carbonyl (C=O) groups is 1. The quantitative estimate of drug-likeness (QED) is 0.718. The number of hydrogen-bond donors (Lipinski definition) is 2. The van der Waals surface area contributed by atoms with E-state index in [1.54, 1.807) is 30.5 Å². The van der Waals surface area contributed by atoms with Crippen molar-refractivity contribution >= 4 is 23.0 Å². The number of nitrogens with one attached hydrogen (secondary N) is 2. The Balaban J connectivity index is 1.70. The molecule has 0 aliphatic carbocycles. The van der Waals surface area contributed by atoms with E-state index in [9.17, 15) is 9.18 Å². The van der Waals surface area contributed by atoms with E-state index in [0.29, 0.717) is 5.69 Å². The Kier molecular flexibility index (Phi) is 4.75. The van der Waals surface area contributed by atoms with E-state index >= 15 is 0 Å². The number of carbonyl (C=O) groups excluding carboxylic acids is 1. The number of hydrogen-bond acceptors (Lipinski definition) is 3. The Morgan fingerprint density at radius 2 is 1.68 bits per heavy atom. The number of nitrogens with zero attached hydrogens (tertiary/aromatic N) is 1. The van der Waals surface area contributed by atoms with Gasteiger partial charge in [-0.1, -0.05) is 12.1 Å². The molecule has 1 aromatic heterocycles. The lowest BCUT2D eigenvalue weighted by molar-refractivity contribution is 0.102. The molecule has 126 valence electrons. The Bertz CT molecular complexity index is 890. The van der Waals surface area contributed by atoms with Crippen LogP contribution in [-0.4, -0.2) is 10.9 Å². The number of benzene rings is 2. The molecule has 1 amide bonds. The zero-order valence-electron chi connectivity index (χ0n) is 14.0. The first-order valence-electron chi connectivity index (χ1n) is 7.89. The summed E-state index contributed by atoms with van der Waals surface area (Å²) in [4.78, 5) is 16.5. The van der Waals surface area contributed by atoms with Crippen molar-refractivity contribution < 1.29 is 9.18 Å². The fraction of sp³-hybridized carbons (Fsp3) is 0.100. The molecular formula is C20H18FN3O. The molecule has 0 aliphatic heterocycles. The molecule has 5 heteroatoms. The van der Waals surface area contributed by atoms with E-state index in [1.165, 1.54) is 12.1 Å². The third kappa shape index (κ3) is 4.01. The third-order valence-corrected chi connectivity index (χ3v) is 3.98. The van der Waals surface area contributed by atoms with E-state index < -0.39 is 0 Å². The zero-order valence-corrected chi connectivity index (χ0v) is 14.0. The summed E-state index contributed by atoms with van der Waals surface area (Å²) < 4.78 is 12.9. The molecule has 0 saturated carbocycles. The number of aromatic nitrogens is 1. The summed E-state index contributed by atoms with van der Waals surface area (Å²) in [7, 11) is 0. The zero-order chi connectivity index (χ0) is 17.8. The van der Waals surface area contributed by atoms with Crippen molar-refractivity contribution in [2.24, 2.45) is 0 Å². The second kappa shape index (κ2) is 7.13. The first kappa shape index (κ1) is 16.6. The summed E-state index contributed by atoms with van der Waals surface area (Å²) in [5.74, 6) is -0.552. The second-order valence-electron chi connectivity index (χ2n) is 5.77. The minimum Gasteiger partial charge on any atom is -0.354 e. The van der Waals surface area contributed by atoms with E-state index in [0.717, 1.165) is 28.2 Å². The maximum Gasteiger partial charge on any atom is 0.274 e. The molecule has 4 nitrogen and oxygen atoms in total. The van der Waals surface area contributed by atoms with Crippen molar-refractivity contribution in [1.29, 1.82) is 0 Å². The van der Waals surface area contributed by atoms with E-state index in [4.69, 9.17) is 0 Å². The van der Waals surface area contributed by atoms with Crippen LogP contribution in [0.1, 0.15) is 21.6 Å². The average Bonchev–Trinajstić information content (AvgIpc) is 2.61. The molecule has 0 radical (unpaired) electrons. The van der Waals surface area contributed by atoms with Crippen molar-refractivity contribution in [3.05, 3.63) is 83.4 Å². The monoisotopic (exact) mass is 335 g/mol. The van der Waals surface area contributed by atoms with Crippen LogP contribution in [0.2, 0.25) is 0 Å². The maximum atomic E-state index is 12.9. The lowest BCUT2D eigenvalue weighted by Gasteiger charge is -2.10. The van der Waals surface area contributed by atoms with Gasteiger partial charge in [0.05, 0.1) is 11.9 Å². The van der Waals surface area contributed by atoms with Crippen LogP contribution in [-0.2, 0) is 0 Å². The molecular weight excluding hydrogens is 317 g/mol. The van der Waals surface area contributed by atoms with Gasteiger partial charge in [0, 0.05) is 11.4 Å². The van der Waals surface area contributed by atoms with Crippen LogP contribution in [0, 0.1) is 19.7 Å². The van der Waals surface area contributed by atoms with Crippen LogP contribution in [0.15, 0.2) is 60.8 Å². The van der Waals surface area contributed by atoms with Crippen LogP contribution in [0.4, 0.5) is 21.5 Å². The summed E-state index contributed by atoms with van der Waals surface area (Å²) in [6.07, 6.45) is 1.57. The topological polar surface area (TPSA) is 54.0 Å². The van der Waals surface area contributed by atoms with E-state index in [2.05, 4.69) is 15.6 Å². The molecule has 0 bridgehead atoms. The summed E-state index contributed by atoms with van der Waals surface area (Å²) in [6.45, 7) is 3.97. The second-order valence-corrected chi connectivity index (χ2v) is 5.77. The van der Waals surface area contributed by atoms with Gasteiger partial charge in [-0.15, -0.1) is 0 Å². The lowest BCUT2D eigenvalue weighted by atomic mass is 10.1. The van der Waals surface area contributed by atoms with Crippen LogP contribution >= 0.6 is 0 Å². The molecule has 0 unspecified atom stereocenters. The highest BCUT2D eigenvalue weighted by molar-refractivity contribution is 6.03. The summed E-state index contributed by atoms with van der Waals surface area (Å²) in [5, 5.41) is 5.98. The lowest BCUT2D eigenvalue weighted by Crippen LogP contribution is -2.14. The average molecular weight is 335 g/mol. The molecule has 0 fully saturated rings. The van der Waals surface area contributed by atoms with Gasteiger partial charge in [0.25, 0.3) is 5.91 Å². The summed E-state index contributed by atoms with van der Waals surface area (Å²) >= 11 is 0. The minimum absolute atomic E-state index is 0.262. The summed E-state index contributed by atoms with van der Waals surface area (Å²) in [5.41, 5.74) is 4.71. The smallest absolute Gasteiger partial charge is 0.274 e. The van der Waals surface area contributed by atoms with Gasteiger partial charge in [-0.25, -0.2) is 9.37 Å². The Morgan fingerprint density at radius 1 is 0.960 bits per heavy atom. The third-order valence-electron chi connectivity index (χ3n) is 3.98. The molecule has 0 saturated heterocycles. The molecule has 0 spiro atoms. The van der Waals surface area contributed by atoms with Gasteiger partial charge >= 0.3 is 0 Å². The van der Waals surface area contributed by atoms with Crippen molar-refractivity contribution in [2.45, 2.75) is 13.8 Å². The Labute approximate surface area is 145 Å². The highest BCUT2D eigenvalue weighted by Crippen LogP contribution is 2.19. The molecule has 25 heavy (non-hydrogen) atoms. The molecule has 2 aromatic carbocycles. The van der Waals surface area contributed by atoms with Gasteiger partial charge in [-0.2, -0.15) is 0 Å². The van der Waals surface area contributed by atoms with Gasteiger partial charge in [0.1, 0.15) is 11.5 Å². The highest BCUT2D eigenvalue weighted by atomic mass is 19.1. The van der Waals surface area contributed by atoms with Crippen LogP contribution in [0.3, 0.4) is 0 Å². The highest BCUT2D eigenvalue weighted by Gasteiger charge is 2.10. The van der Waals surface area contributed by atoms with Crippen molar-refractivity contribution in [1.82, 2.24) is 4.98 Å². The number of anilines is 3. The fourth-order valence-electron chi connectivity index (χ4n) is 2.37. The normalized spacial score (nSPS) is 10.4. The molecule has 0 aliphatic rings. The van der Waals surface area contributed by atoms with E-state index in [1.807, 2.05) is 32.0 Å². The van der Waals surface area contributed by atoms with Gasteiger partial charge in [0.2, 0.25) is 0 Å². The van der Waals surface area contributed by atoms with E-state index in [-0.39, 0.29) is 11.7 Å². The molecule has 3 aromatic rings. The number of aryl methyl sites for hydroxylation is 1. The number of amides is 1. The fourth-order valence-corrected chi connectivity index (χ4v) is 2.37. The molecule has 1 heterocycles. The number of rotatable bonds is 4. The molecule has 0 atom stereocenters. The standard InChI is InChI=1S/C20H18FN3O/c1-13-4-3-5-18(14(13)2)24-20(25)19-11-10-17(12-22-19)23-16-8-6-15(21)7-9-16/h3-12,23H,1-2H3,(H,24,25). The largest absolute Gasteiger partial charge is 0.354 e. The van der Waals surface area contributed by atoms with Crippen LogP contribution < -0.4 is 10.6 Å². The van der Waals surface area contributed by atoms with Crippen LogP contribution in [0.25, 0.3) is 0 Å². The van der Waals surface area contributed by atoms with Crippen molar-refractivity contribution in [3.63, 3.8) is 0 Å². The van der Waals surface area contributed by atoms with Crippen LogP contribution in [0.5, 0.6) is 0 Å². The Hall–Kier alpha value is -3.21. The number of pyridine rings is 1. The molecule has 2 N–H and O–H groups in total. The summed E-state index contributed by atoms with van der Waals surface area (Å²) in [6, 6.07) is 15.2. The first-order valence-corrected chi connectivity index (χ1v) is 7.89. The van der Waals surface area contributed by atoms with Gasteiger partial charge in [0.15, 0.2) is 0 Å². The van der Waals surface area contributed by atoms with Gasteiger partial charge in [-0.3, -0.25) is 4.79 Å². The first-order chi connectivity index (χ1) is 12.0. The van der Waals surface area contributed by atoms with Gasteiger partial charge < -0.3 is 10.6 Å². The molecule has 3 rings (SSSR count). The van der Waals surface area contributed by atoms with Gasteiger partial charge in [-0.05, 0) is 67.4 Å². The SMILES string of the molecule is Cc1cccc(NC(=O)c2ccc(Nc3ccc(F)cc3)cn2)c1C. The number of halogens is 1. The maximum absolute atomic E-state index is 12.9. The van der Waals surface area contributed by atoms with Crippen molar-refractivity contribution in [2.75, 3.05) is 10.6 Å². The Morgan fingerprint density at radius 3 is 2.36 bits per heavy atom.